The van der Waals surface area contributed by atoms with Gasteiger partial charge in [-0.3, -0.25) is 14.6 Å². The Morgan fingerprint density at radius 3 is 2.52 bits per heavy atom. The van der Waals surface area contributed by atoms with Crippen molar-refractivity contribution in [3.8, 4) is 0 Å². The summed E-state index contributed by atoms with van der Waals surface area (Å²) in [6, 6.07) is 0.688. The fourth-order valence-electron chi connectivity index (χ4n) is 6.35. The number of piperidine rings is 1. The standard InChI is InChI=1S/C23H41N3O3/c1-28-19-23-8-6-21(25-12-14-29-15-13-25)16-20(23)7-11-26(18-23)22(27)17-24-9-4-2-3-5-10-24/h20-21H,2-19H2,1H3/t20-,21-,23+/m1/s1. The number of morpholine rings is 1. The lowest BCUT2D eigenvalue weighted by Crippen LogP contribution is -2.58. The first-order valence-corrected chi connectivity index (χ1v) is 12.0. The van der Waals surface area contributed by atoms with Gasteiger partial charge in [0.2, 0.25) is 5.91 Å². The molecule has 1 aliphatic carbocycles. The molecule has 3 saturated heterocycles. The highest BCUT2D eigenvalue weighted by Crippen LogP contribution is 2.47. The van der Waals surface area contributed by atoms with Crippen LogP contribution in [0.2, 0.25) is 0 Å². The molecule has 4 rings (SSSR count). The van der Waals surface area contributed by atoms with E-state index in [2.05, 4.69) is 14.7 Å². The lowest BCUT2D eigenvalue weighted by Gasteiger charge is -2.54. The van der Waals surface area contributed by atoms with E-state index in [0.29, 0.717) is 24.4 Å². The van der Waals surface area contributed by atoms with E-state index in [1.54, 1.807) is 0 Å². The SMILES string of the molecule is COC[C@@]12CC[C@@H](N3CCOCC3)C[C@H]1CCN(C(=O)CN1CCCCCC1)C2. The van der Waals surface area contributed by atoms with E-state index < -0.39 is 0 Å². The Bertz CT molecular complexity index is 531. The van der Waals surface area contributed by atoms with Crippen LogP contribution in [0.25, 0.3) is 0 Å². The molecule has 0 radical (unpaired) electrons. The highest BCUT2D eigenvalue weighted by atomic mass is 16.5. The molecule has 4 aliphatic rings. The van der Waals surface area contributed by atoms with Crippen LogP contribution in [-0.2, 0) is 14.3 Å². The number of rotatable bonds is 5. The molecule has 0 bridgehead atoms. The van der Waals surface area contributed by atoms with E-state index in [9.17, 15) is 4.79 Å². The number of methoxy groups -OCH3 is 1. The van der Waals surface area contributed by atoms with E-state index in [0.717, 1.165) is 65.5 Å². The van der Waals surface area contributed by atoms with Crippen LogP contribution in [0.3, 0.4) is 0 Å². The van der Waals surface area contributed by atoms with Crippen molar-refractivity contribution in [2.45, 2.75) is 57.4 Å². The molecule has 0 aromatic carbocycles. The molecule has 3 heterocycles. The van der Waals surface area contributed by atoms with Crippen molar-refractivity contribution in [1.29, 1.82) is 0 Å². The van der Waals surface area contributed by atoms with Gasteiger partial charge in [0, 0.05) is 44.7 Å². The second kappa shape index (κ2) is 10.1. The first-order valence-electron chi connectivity index (χ1n) is 12.0. The van der Waals surface area contributed by atoms with Gasteiger partial charge < -0.3 is 14.4 Å². The Labute approximate surface area is 176 Å². The zero-order valence-electron chi connectivity index (χ0n) is 18.4. The van der Waals surface area contributed by atoms with Crippen molar-refractivity contribution in [2.24, 2.45) is 11.3 Å². The maximum atomic E-state index is 13.1. The number of hydrogen-bond acceptors (Lipinski definition) is 5. The summed E-state index contributed by atoms with van der Waals surface area (Å²) in [5.74, 6) is 1.02. The summed E-state index contributed by atoms with van der Waals surface area (Å²) >= 11 is 0. The monoisotopic (exact) mass is 407 g/mol. The summed E-state index contributed by atoms with van der Waals surface area (Å²) in [6.07, 6.45) is 9.93. The van der Waals surface area contributed by atoms with E-state index in [1.807, 2.05) is 7.11 Å². The predicted octanol–water partition coefficient (Wildman–Crippen LogP) is 2.23. The number of carbonyl (C=O) groups excluding carboxylic acids is 1. The molecule has 0 N–H and O–H groups in total. The summed E-state index contributed by atoms with van der Waals surface area (Å²) in [5, 5.41) is 0. The third kappa shape index (κ3) is 5.15. The van der Waals surface area contributed by atoms with Gasteiger partial charge in [-0.15, -0.1) is 0 Å². The van der Waals surface area contributed by atoms with Gasteiger partial charge in [0.25, 0.3) is 0 Å². The summed E-state index contributed by atoms with van der Waals surface area (Å²) < 4.78 is 11.3. The van der Waals surface area contributed by atoms with E-state index >= 15 is 0 Å². The average molecular weight is 408 g/mol. The van der Waals surface area contributed by atoms with Gasteiger partial charge >= 0.3 is 0 Å². The Morgan fingerprint density at radius 1 is 1.03 bits per heavy atom. The number of ether oxygens (including phenoxy) is 2. The van der Waals surface area contributed by atoms with Crippen molar-refractivity contribution < 1.29 is 14.3 Å². The summed E-state index contributed by atoms with van der Waals surface area (Å²) in [4.78, 5) is 20.3. The topological polar surface area (TPSA) is 45.3 Å². The summed E-state index contributed by atoms with van der Waals surface area (Å²) in [7, 11) is 1.83. The van der Waals surface area contributed by atoms with Gasteiger partial charge in [0.15, 0.2) is 0 Å². The Kier molecular flexibility index (Phi) is 7.49. The Balaban J connectivity index is 1.36. The van der Waals surface area contributed by atoms with Crippen LogP contribution in [0.4, 0.5) is 0 Å². The molecular weight excluding hydrogens is 366 g/mol. The molecule has 3 aliphatic heterocycles. The third-order valence-electron chi connectivity index (χ3n) is 8.06. The third-order valence-corrected chi connectivity index (χ3v) is 8.06. The number of nitrogens with zero attached hydrogens (tertiary/aromatic N) is 3. The van der Waals surface area contributed by atoms with Crippen LogP contribution in [0.5, 0.6) is 0 Å². The maximum Gasteiger partial charge on any atom is 0.236 e. The second-order valence-electron chi connectivity index (χ2n) is 9.86. The highest BCUT2D eigenvalue weighted by molar-refractivity contribution is 5.78. The Morgan fingerprint density at radius 2 is 1.79 bits per heavy atom. The van der Waals surface area contributed by atoms with Crippen LogP contribution in [0.1, 0.15) is 51.4 Å². The number of fused-ring (bicyclic) bond motifs is 1. The molecule has 1 saturated carbocycles. The minimum Gasteiger partial charge on any atom is -0.384 e. The molecule has 1 amide bonds. The Hall–Kier alpha value is -0.690. The molecule has 0 spiro atoms. The van der Waals surface area contributed by atoms with Crippen molar-refractivity contribution >= 4 is 5.91 Å². The van der Waals surface area contributed by atoms with Gasteiger partial charge in [0.1, 0.15) is 0 Å². The van der Waals surface area contributed by atoms with Crippen LogP contribution in [0.15, 0.2) is 0 Å². The maximum absolute atomic E-state index is 13.1. The van der Waals surface area contributed by atoms with Crippen molar-refractivity contribution in [1.82, 2.24) is 14.7 Å². The molecule has 29 heavy (non-hydrogen) atoms. The molecule has 4 fully saturated rings. The molecular formula is C23H41N3O3. The fourth-order valence-corrected chi connectivity index (χ4v) is 6.35. The smallest absolute Gasteiger partial charge is 0.236 e. The normalized spacial score (nSPS) is 35.1. The van der Waals surface area contributed by atoms with Gasteiger partial charge in [0.05, 0.1) is 26.4 Å². The minimum absolute atomic E-state index is 0.157. The molecule has 6 heteroatoms. The molecule has 3 atom stereocenters. The van der Waals surface area contributed by atoms with Crippen LogP contribution < -0.4 is 0 Å². The fraction of sp³-hybridized carbons (Fsp3) is 0.957. The largest absolute Gasteiger partial charge is 0.384 e. The van der Waals surface area contributed by atoms with Crippen LogP contribution >= 0.6 is 0 Å². The summed E-state index contributed by atoms with van der Waals surface area (Å²) in [5.41, 5.74) is 0.157. The highest BCUT2D eigenvalue weighted by Gasteiger charge is 2.48. The number of carbonyl (C=O) groups is 1. The van der Waals surface area contributed by atoms with Crippen molar-refractivity contribution in [2.75, 3.05) is 72.7 Å². The number of hydrogen-bond donors (Lipinski definition) is 0. The molecule has 166 valence electrons. The van der Waals surface area contributed by atoms with Crippen LogP contribution in [-0.4, -0.2) is 99.4 Å². The molecule has 0 aromatic heterocycles. The lowest BCUT2D eigenvalue weighted by atomic mass is 9.62. The first kappa shape index (κ1) is 21.5. The van der Waals surface area contributed by atoms with Gasteiger partial charge in [-0.2, -0.15) is 0 Å². The zero-order chi connectivity index (χ0) is 20.1. The second-order valence-corrected chi connectivity index (χ2v) is 9.86. The van der Waals surface area contributed by atoms with Gasteiger partial charge in [-0.05, 0) is 57.5 Å². The minimum atomic E-state index is 0.157. The van der Waals surface area contributed by atoms with E-state index in [4.69, 9.17) is 9.47 Å². The quantitative estimate of drug-likeness (QED) is 0.699. The van der Waals surface area contributed by atoms with Crippen molar-refractivity contribution in [3.05, 3.63) is 0 Å². The van der Waals surface area contributed by atoms with Gasteiger partial charge in [-0.25, -0.2) is 0 Å². The molecule has 0 unspecified atom stereocenters. The number of likely N-dealkylation sites (tertiary alicyclic amines) is 2. The van der Waals surface area contributed by atoms with E-state index in [-0.39, 0.29) is 5.41 Å². The number of amides is 1. The van der Waals surface area contributed by atoms with Crippen LogP contribution in [0, 0.1) is 11.3 Å². The molecule has 6 nitrogen and oxygen atoms in total. The van der Waals surface area contributed by atoms with Gasteiger partial charge in [-0.1, -0.05) is 12.8 Å². The zero-order valence-corrected chi connectivity index (χ0v) is 18.4. The predicted molar refractivity (Wildman–Crippen MR) is 114 cm³/mol. The lowest BCUT2D eigenvalue weighted by molar-refractivity contribution is -0.143. The first-order chi connectivity index (χ1) is 14.2. The summed E-state index contributed by atoms with van der Waals surface area (Å²) in [6.45, 7) is 9.33. The van der Waals surface area contributed by atoms with Crippen molar-refractivity contribution in [3.63, 3.8) is 0 Å². The molecule has 0 aromatic rings. The average Bonchev–Trinajstić information content (AvgIpc) is 3.02. The van der Waals surface area contributed by atoms with E-state index in [1.165, 1.54) is 44.9 Å².